The molecule has 0 bridgehead atoms. The molecular weight excluding hydrogens is 812 g/mol. The highest BCUT2D eigenvalue weighted by Gasteiger charge is 2.42. The van der Waals surface area contributed by atoms with E-state index < -0.39 is 0 Å². The number of hydrogen-bond donors (Lipinski definition) is 0. The van der Waals surface area contributed by atoms with Crippen molar-refractivity contribution in [3.05, 3.63) is 138 Å². The van der Waals surface area contributed by atoms with Crippen LogP contribution in [0.25, 0.3) is 0 Å². The molecule has 2 heterocycles. The molecule has 2 nitrogen and oxygen atoms in total. The second kappa shape index (κ2) is 13.1. The normalized spacial score (nSPS) is 16.2. The largest absolute Gasteiger partial charge is 0.309 e. The Morgan fingerprint density at radius 1 is 0.339 bits per heavy atom. The Labute approximate surface area is 355 Å². The monoisotopic (exact) mass is 872 g/mol. The molecule has 2 aliphatic rings. The van der Waals surface area contributed by atoms with Crippen LogP contribution in [0.4, 0.5) is 34.1 Å². The van der Waals surface area contributed by atoms with Crippen LogP contribution in [-0.2, 0) is 32.5 Å². The number of hydrogen-bond acceptors (Lipinski definition) is 2. The zero-order valence-electron chi connectivity index (χ0n) is 36.7. The Morgan fingerprint density at radius 3 is 0.750 bits per heavy atom. The van der Waals surface area contributed by atoms with Crippen LogP contribution in [0.3, 0.4) is 0 Å². The summed E-state index contributed by atoms with van der Waals surface area (Å²) in [5.41, 5.74) is 17.6. The van der Waals surface area contributed by atoms with Gasteiger partial charge in [0.25, 0.3) is 0 Å². The highest BCUT2D eigenvalue weighted by molar-refractivity contribution is 9.11. The molecule has 0 N–H and O–H groups in total. The van der Waals surface area contributed by atoms with Gasteiger partial charge >= 0.3 is 0 Å². The average Bonchev–Trinajstić information content (AvgIpc) is 3.08. The second-order valence-electron chi connectivity index (χ2n) is 21.6. The fourth-order valence-corrected chi connectivity index (χ4v) is 9.75. The zero-order valence-corrected chi connectivity index (χ0v) is 39.9. The first-order valence-electron chi connectivity index (χ1n) is 20.3. The van der Waals surface area contributed by atoms with Gasteiger partial charge in [-0.3, -0.25) is 0 Å². The first-order valence-corrected chi connectivity index (χ1v) is 21.9. The van der Waals surface area contributed by atoms with Gasteiger partial charge in [-0.15, -0.1) is 0 Å². The highest BCUT2D eigenvalue weighted by Crippen LogP contribution is 2.58. The van der Waals surface area contributed by atoms with E-state index in [1.54, 1.807) is 0 Å². The van der Waals surface area contributed by atoms with Gasteiger partial charge in [-0.2, -0.15) is 0 Å². The van der Waals surface area contributed by atoms with Crippen molar-refractivity contribution in [3.8, 4) is 0 Å². The van der Waals surface area contributed by atoms with Crippen molar-refractivity contribution in [1.29, 1.82) is 0 Å². The van der Waals surface area contributed by atoms with E-state index >= 15 is 0 Å². The molecule has 294 valence electrons. The molecule has 4 heteroatoms. The van der Waals surface area contributed by atoms with Gasteiger partial charge in [-0.25, -0.2) is 0 Å². The first kappa shape index (κ1) is 40.8. The van der Waals surface area contributed by atoms with Crippen molar-refractivity contribution in [2.75, 3.05) is 9.80 Å². The van der Waals surface area contributed by atoms with Crippen molar-refractivity contribution in [1.82, 2.24) is 0 Å². The maximum Gasteiger partial charge on any atom is 0.0616 e. The van der Waals surface area contributed by atoms with Crippen molar-refractivity contribution in [3.63, 3.8) is 0 Å². The van der Waals surface area contributed by atoms with Crippen LogP contribution in [-0.4, -0.2) is 0 Å². The summed E-state index contributed by atoms with van der Waals surface area (Å²) < 4.78 is 2.08. The summed E-state index contributed by atoms with van der Waals surface area (Å²) in [5, 5.41) is 0. The lowest BCUT2D eigenvalue weighted by Crippen LogP contribution is -2.33. The number of anilines is 6. The van der Waals surface area contributed by atoms with Crippen molar-refractivity contribution >= 4 is 66.0 Å². The molecule has 0 unspecified atom stereocenters. The molecule has 7 rings (SSSR count). The number of benzene rings is 5. The number of rotatable bonds is 2. The maximum atomic E-state index is 4.20. The quantitative estimate of drug-likeness (QED) is 0.174. The molecule has 0 atom stereocenters. The number of halogens is 2. The van der Waals surface area contributed by atoms with Gasteiger partial charge in [0, 0.05) is 19.8 Å². The van der Waals surface area contributed by atoms with Crippen LogP contribution in [0, 0.1) is 0 Å². The third-order valence-corrected chi connectivity index (χ3v) is 13.9. The lowest BCUT2D eigenvalue weighted by molar-refractivity contribution is 0.572. The van der Waals surface area contributed by atoms with Gasteiger partial charge in [-0.05, 0) is 134 Å². The Balaban J connectivity index is 1.48. The number of fused-ring (bicyclic) bond motifs is 4. The average molecular weight is 875 g/mol. The standard InChI is InChI=1S/C52H62Br2N2/c1-47(2,3)31-17-21-41-35(25-31)51(13,14)36-26-32(48(4,5)6)18-22-42(36)55(41)45-29-40(54)46(30-39(45)53)56-43-23-19-33(49(7,8)9)27-37(43)52(15,16)38-28-34(50(10,11)12)20-24-44(38)56/h17-30H,1-16H3. The van der Waals surface area contributed by atoms with E-state index in [0.29, 0.717) is 0 Å². The van der Waals surface area contributed by atoms with Gasteiger partial charge < -0.3 is 9.80 Å². The van der Waals surface area contributed by atoms with E-state index in [0.717, 1.165) is 20.3 Å². The maximum absolute atomic E-state index is 4.20. The predicted octanol–water partition coefficient (Wildman–Crippen LogP) is 16.6. The lowest BCUT2D eigenvalue weighted by atomic mass is 9.70. The summed E-state index contributed by atoms with van der Waals surface area (Å²) in [7, 11) is 0. The van der Waals surface area contributed by atoms with E-state index in [9.17, 15) is 0 Å². The first-order chi connectivity index (χ1) is 25.6. The van der Waals surface area contributed by atoms with Crippen LogP contribution in [0.2, 0.25) is 0 Å². The van der Waals surface area contributed by atoms with E-state index in [4.69, 9.17) is 0 Å². The molecule has 0 saturated heterocycles. The third-order valence-electron chi connectivity index (χ3n) is 12.6. The summed E-state index contributed by atoms with van der Waals surface area (Å²) >= 11 is 8.39. The minimum atomic E-state index is -0.195. The van der Waals surface area contributed by atoms with Crippen LogP contribution in [0.1, 0.15) is 155 Å². The smallest absolute Gasteiger partial charge is 0.0616 e. The van der Waals surface area contributed by atoms with Crippen LogP contribution >= 0.6 is 31.9 Å². The number of nitrogens with zero attached hydrogens (tertiary/aromatic N) is 2. The zero-order chi connectivity index (χ0) is 41.3. The van der Waals surface area contributed by atoms with E-state index in [-0.39, 0.29) is 32.5 Å². The summed E-state index contributed by atoms with van der Waals surface area (Å²) in [6.07, 6.45) is 0. The highest BCUT2D eigenvalue weighted by atomic mass is 79.9. The van der Waals surface area contributed by atoms with Crippen LogP contribution in [0.15, 0.2) is 93.9 Å². The predicted molar refractivity (Wildman–Crippen MR) is 250 cm³/mol. The topological polar surface area (TPSA) is 6.48 Å². The second-order valence-corrected chi connectivity index (χ2v) is 23.3. The Hall–Kier alpha value is -3.34. The fraction of sp³-hybridized carbons (Fsp3) is 0.423. The molecule has 0 aliphatic carbocycles. The summed E-state index contributed by atoms with van der Waals surface area (Å²) in [5.74, 6) is 0. The van der Waals surface area contributed by atoms with Crippen molar-refractivity contribution in [2.24, 2.45) is 0 Å². The van der Waals surface area contributed by atoms with E-state index in [1.165, 1.54) is 67.3 Å². The summed E-state index contributed by atoms with van der Waals surface area (Å²) in [6.45, 7) is 37.3. The minimum Gasteiger partial charge on any atom is -0.309 e. The Bertz CT molecular complexity index is 2080. The molecule has 0 aromatic heterocycles. The molecule has 0 fully saturated rings. The lowest BCUT2D eigenvalue weighted by Gasteiger charge is -2.45. The molecule has 0 amide bonds. The molecular formula is C52H62Br2N2. The molecule has 2 aliphatic heterocycles. The molecule has 56 heavy (non-hydrogen) atoms. The van der Waals surface area contributed by atoms with Crippen LogP contribution < -0.4 is 9.80 Å². The third kappa shape index (κ3) is 6.69. The van der Waals surface area contributed by atoms with Gasteiger partial charge in [0.05, 0.1) is 34.1 Å². The molecule has 0 radical (unpaired) electrons. The minimum absolute atomic E-state index is 0.0334. The van der Waals surface area contributed by atoms with Gasteiger partial charge in [0.15, 0.2) is 0 Å². The van der Waals surface area contributed by atoms with E-state index in [1.807, 2.05) is 0 Å². The molecule has 5 aromatic rings. The molecule has 0 saturated carbocycles. The summed E-state index contributed by atoms with van der Waals surface area (Å²) in [4.78, 5) is 4.97. The molecule has 5 aromatic carbocycles. The van der Waals surface area contributed by atoms with Crippen molar-refractivity contribution < 1.29 is 0 Å². The molecule has 0 spiro atoms. The van der Waals surface area contributed by atoms with Gasteiger partial charge in [0.1, 0.15) is 0 Å². The Morgan fingerprint density at radius 2 is 0.554 bits per heavy atom. The van der Waals surface area contributed by atoms with Gasteiger partial charge in [-0.1, -0.05) is 159 Å². The van der Waals surface area contributed by atoms with E-state index in [2.05, 4.69) is 237 Å². The SMILES string of the molecule is CC(C)(C)c1ccc2c(c1)C(C)(C)c1cc(C(C)(C)C)ccc1N2c1cc(Br)c(N2c3ccc(C(C)(C)C)cc3C(C)(C)c3cc(C(C)(C)C)ccc32)cc1Br. The van der Waals surface area contributed by atoms with Gasteiger partial charge in [0.2, 0.25) is 0 Å². The Kier molecular flexibility index (Phi) is 9.54. The fourth-order valence-electron chi connectivity index (χ4n) is 8.73. The summed E-state index contributed by atoms with van der Waals surface area (Å²) in [6, 6.07) is 33.2. The van der Waals surface area contributed by atoms with Crippen molar-refractivity contribution in [2.45, 2.75) is 143 Å². The van der Waals surface area contributed by atoms with Crippen LogP contribution in [0.5, 0.6) is 0 Å².